The number of halogens is 1. The number of carbonyl (C=O) groups excluding carboxylic acids is 2. The van der Waals surface area contributed by atoms with Crippen molar-refractivity contribution in [3.63, 3.8) is 0 Å². The molecule has 112 valence electrons. The fourth-order valence-electron chi connectivity index (χ4n) is 1.62. The summed E-state index contributed by atoms with van der Waals surface area (Å²) in [5, 5.41) is 23.6. The van der Waals surface area contributed by atoms with E-state index in [2.05, 4.69) is 15.1 Å². The molecule has 2 rings (SSSR count). The second-order valence-corrected chi connectivity index (χ2v) is 4.80. The molecule has 0 spiro atoms. The number of amidine groups is 1. The molecule has 9 nitrogen and oxygen atoms in total. The Morgan fingerprint density at radius 3 is 2.48 bits per heavy atom. The molecule has 0 saturated carbocycles. The molecule has 1 aromatic rings. The second kappa shape index (κ2) is 5.09. The van der Waals surface area contributed by atoms with Gasteiger partial charge >= 0.3 is 0 Å². The number of nitrogens with zero attached hydrogens (tertiary/aromatic N) is 4. The van der Waals surface area contributed by atoms with Gasteiger partial charge in [-0.15, -0.1) is 0 Å². The third-order valence-corrected chi connectivity index (χ3v) is 3.04. The average Bonchev–Trinajstić information content (AvgIpc) is 2.81. The molecule has 0 unspecified atom stereocenters. The van der Waals surface area contributed by atoms with Crippen LogP contribution in [0.5, 0.6) is 11.8 Å². The maximum atomic E-state index is 12.1. The van der Waals surface area contributed by atoms with E-state index >= 15 is 0 Å². The van der Waals surface area contributed by atoms with Crippen LogP contribution in [-0.4, -0.2) is 69.5 Å². The summed E-state index contributed by atoms with van der Waals surface area (Å²) in [6.07, 6.45) is 0. The highest BCUT2D eigenvalue weighted by Gasteiger charge is 2.35. The predicted octanol–water partition coefficient (Wildman–Crippen LogP) is 0.0680. The van der Waals surface area contributed by atoms with Crippen LogP contribution in [0.3, 0.4) is 0 Å². The number of ketones is 1. The highest BCUT2D eigenvalue weighted by atomic mass is 35.5. The lowest BCUT2D eigenvalue weighted by Gasteiger charge is -2.07. The number of likely N-dealkylation sites (N-methyl/N-ethyl adjacent to an activating group) is 1. The molecular weight excluding hydrogens is 302 g/mol. The van der Waals surface area contributed by atoms with Crippen LogP contribution in [0.2, 0.25) is 5.02 Å². The van der Waals surface area contributed by atoms with E-state index in [0.29, 0.717) is 0 Å². The van der Waals surface area contributed by atoms with E-state index in [1.807, 2.05) is 0 Å². The summed E-state index contributed by atoms with van der Waals surface area (Å²) in [6, 6.07) is 0. The molecular formula is C11H12ClN5O4. The first-order chi connectivity index (χ1) is 9.73. The Bertz CT molecular complexity index is 691. The Labute approximate surface area is 124 Å². The number of H-pyrrole nitrogens is 1. The predicted molar refractivity (Wildman–Crippen MR) is 75.1 cm³/mol. The summed E-state index contributed by atoms with van der Waals surface area (Å²) in [6.45, 7) is 0. The Morgan fingerprint density at radius 2 is 2.00 bits per heavy atom. The van der Waals surface area contributed by atoms with Gasteiger partial charge in [0.05, 0.1) is 0 Å². The highest BCUT2D eigenvalue weighted by molar-refractivity contribution is 6.81. The number of carbonyl (C=O) groups is 2. The molecule has 1 amide bonds. The van der Waals surface area contributed by atoms with Crippen LogP contribution in [0.4, 0.5) is 5.69 Å². The minimum atomic E-state index is -0.702. The van der Waals surface area contributed by atoms with Crippen molar-refractivity contribution in [2.24, 2.45) is 10.1 Å². The molecule has 2 heterocycles. The SMILES string of the molecule is CN(C)C(=O)C1=NN(C)C(=Nc2c(O)[nH]c(O)c2Cl)C1=O. The van der Waals surface area contributed by atoms with Crippen molar-refractivity contribution < 1.29 is 19.8 Å². The summed E-state index contributed by atoms with van der Waals surface area (Å²) >= 11 is 5.75. The van der Waals surface area contributed by atoms with Gasteiger partial charge < -0.3 is 15.1 Å². The van der Waals surface area contributed by atoms with Crippen molar-refractivity contribution >= 4 is 40.5 Å². The van der Waals surface area contributed by atoms with Gasteiger partial charge in [-0.3, -0.25) is 14.6 Å². The van der Waals surface area contributed by atoms with Gasteiger partial charge in [0.1, 0.15) is 10.7 Å². The maximum absolute atomic E-state index is 12.1. The van der Waals surface area contributed by atoms with Gasteiger partial charge in [0.2, 0.25) is 17.6 Å². The van der Waals surface area contributed by atoms with Crippen molar-refractivity contribution in [3.05, 3.63) is 5.02 Å². The molecule has 1 aliphatic rings. The number of aromatic amines is 1. The first-order valence-corrected chi connectivity index (χ1v) is 6.08. The first kappa shape index (κ1) is 14.9. The number of aromatic nitrogens is 1. The molecule has 1 aliphatic heterocycles. The number of Topliss-reactive ketones (excluding diaryl/α,β-unsaturated/α-hetero) is 1. The molecule has 0 atom stereocenters. The number of hydrogen-bond donors (Lipinski definition) is 3. The van der Waals surface area contributed by atoms with Crippen LogP contribution in [0, 0.1) is 0 Å². The molecule has 0 aromatic carbocycles. The van der Waals surface area contributed by atoms with Crippen LogP contribution in [0.1, 0.15) is 0 Å². The third kappa shape index (κ3) is 2.42. The summed E-state index contributed by atoms with van der Waals surface area (Å²) in [7, 11) is 4.39. The molecule has 1 aromatic heterocycles. The van der Waals surface area contributed by atoms with E-state index in [-0.39, 0.29) is 22.3 Å². The van der Waals surface area contributed by atoms with Gasteiger partial charge in [0.15, 0.2) is 5.71 Å². The number of aromatic hydroxyl groups is 2. The lowest BCUT2D eigenvalue weighted by Crippen LogP contribution is -2.35. The molecule has 0 fully saturated rings. The monoisotopic (exact) mass is 313 g/mol. The number of nitrogens with one attached hydrogen (secondary N) is 1. The Hall–Kier alpha value is -2.55. The summed E-state index contributed by atoms with van der Waals surface area (Å²) in [4.78, 5) is 31.2. The summed E-state index contributed by atoms with van der Waals surface area (Å²) < 4.78 is 0. The number of aliphatic imine (C=N–C) groups is 1. The van der Waals surface area contributed by atoms with Crippen molar-refractivity contribution in [2.75, 3.05) is 21.1 Å². The number of hydrazone groups is 1. The molecule has 3 N–H and O–H groups in total. The van der Waals surface area contributed by atoms with E-state index in [1.165, 1.54) is 26.0 Å². The zero-order valence-corrected chi connectivity index (χ0v) is 12.1. The van der Waals surface area contributed by atoms with E-state index in [9.17, 15) is 19.8 Å². The second-order valence-electron chi connectivity index (χ2n) is 4.42. The van der Waals surface area contributed by atoms with E-state index in [1.54, 1.807) is 0 Å². The standard InChI is InChI=1S/C11H12ClN5O4/c1-16(2)11(21)6-7(18)8(17(3)15-6)13-5-4(12)9(19)14-10(5)20/h14,19-20H,1-3H3. The molecule has 0 bridgehead atoms. The number of rotatable bonds is 2. The van der Waals surface area contributed by atoms with Crippen molar-refractivity contribution in [1.82, 2.24) is 14.9 Å². The van der Waals surface area contributed by atoms with E-state index in [0.717, 1.165) is 5.01 Å². The van der Waals surface area contributed by atoms with Crippen molar-refractivity contribution in [2.45, 2.75) is 0 Å². The van der Waals surface area contributed by atoms with Crippen LogP contribution >= 0.6 is 11.6 Å². The maximum Gasteiger partial charge on any atom is 0.278 e. The fourth-order valence-corrected chi connectivity index (χ4v) is 1.80. The normalized spacial score (nSPS) is 16.6. The topological polar surface area (TPSA) is 122 Å². The quantitative estimate of drug-likeness (QED) is 0.713. The minimum absolute atomic E-state index is 0.198. The minimum Gasteiger partial charge on any atom is -0.493 e. The highest BCUT2D eigenvalue weighted by Crippen LogP contribution is 2.41. The van der Waals surface area contributed by atoms with E-state index in [4.69, 9.17) is 11.6 Å². The van der Waals surface area contributed by atoms with Crippen molar-refractivity contribution in [1.29, 1.82) is 0 Å². The number of hydrogen-bond acceptors (Lipinski definition) is 6. The molecule has 21 heavy (non-hydrogen) atoms. The smallest absolute Gasteiger partial charge is 0.278 e. The zero-order valence-electron chi connectivity index (χ0n) is 11.4. The summed E-state index contributed by atoms with van der Waals surface area (Å²) in [5.41, 5.74) is -0.505. The molecule has 0 saturated heterocycles. The Balaban J connectivity index is 2.42. The van der Waals surface area contributed by atoms with E-state index < -0.39 is 23.5 Å². The van der Waals surface area contributed by atoms with Crippen LogP contribution in [-0.2, 0) is 9.59 Å². The van der Waals surface area contributed by atoms with Gasteiger partial charge in [-0.2, -0.15) is 5.10 Å². The van der Waals surface area contributed by atoms with Gasteiger partial charge in [-0.25, -0.2) is 10.0 Å². The Kier molecular flexibility index (Phi) is 3.60. The molecule has 10 heteroatoms. The van der Waals surface area contributed by atoms with Crippen LogP contribution < -0.4 is 0 Å². The van der Waals surface area contributed by atoms with Gasteiger partial charge in [0, 0.05) is 21.1 Å². The Morgan fingerprint density at radius 1 is 1.38 bits per heavy atom. The summed E-state index contributed by atoms with van der Waals surface area (Å²) in [5.74, 6) is -2.45. The lowest BCUT2D eigenvalue weighted by molar-refractivity contribution is -0.122. The van der Waals surface area contributed by atoms with Crippen molar-refractivity contribution in [3.8, 4) is 11.8 Å². The third-order valence-electron chi connectivity index (χ3n) is 2.68. The molecule has 0 radical (unpaired) electrons. The number of amides is 1. The van der Waals surface area contributed by atoms with Crippen LogP contribution in [0.15, 0.2) is 10.1 Å². The first-order valence-electron chi connectivity index (χ1n) is 5.70. The fraction of sp³-hybridized carbons (Fsp3) is 0.273. The zero-order chi connectivity index (χ0) is 15.9. The van der Waals surface area contributed by atoms with Gasteiger partial charge in [0.25, 0.3) is 11.7 Å². The lowest BCUT2D eigenvalue weighted by atomic mass is 10.2. The van der Waals surface area contributed by atoms with Gasteiger partial charge in [-0.05, 0) is 0 Å². The largest absolute Gasteiger partial charge is 0.493 e. The van der Waals surface area contributed by atoms with Crippen LogP contribution in [0.25, 0.3) is 0 Å². The average molecular weight is 314 g/mol. The molecule has 0 aliphatic carbocycles. The van der Waals surface area contributed by atoms with Gasteiger partial charge in [-0.1, -0.05) is 11.6 Å².